The Bertz CT molecular complexity index is 184. The summed E-state index contributed by atoms with van der Waals surface area (Å²) < 4.78 is 0. The van der Waals surface area contributed by atoms with Crippen LogP contribution in [0.2, 0.25) is 0 Å². The molecule has 11 heavy (non-hydrogen) atoms. The van der Waals surface area contributed by atoms with Crippen LogP contribution in [0.15, 0.2) is 30.6 Å². The minimum absolute atomic E-state index is 0.0556. The van der Waals surface area contributed by atoms with Gasteiger partial charge >= 0.3 is 0 Å². The maximum atomic E-state index is 9.22. The molecule has 0 aliphatic rings. The first-order valence-electron chi connectivity index (χ1n) is 2.87. The Morgan fingerprint density at radius 1 is 1.27 bits per heavy atom. The molecule has 4 heteroatoms. The number of hydrogen-bond donors (Lipinski definition) is 1. The predicted molar refractivity (Wildman–Crippen MR) is 39.5 cm³/mol. The summed E-state index contributed by atoms with van der Waals surface area (Å²) in [7, 11) is 0. The highest BCUT2D eigenvalue weighted by Crippen LogP contribution is 1.73. The maximum absolute atomic E-state index is 9.22. The van der Waals surface area contributed by atoms with Crippen LogP contribution in [0.3, 0.4) is 0 Å². The molecule has 1 aromatic rings. The number of primary amides is 1. The van der Waals surface area contributed by atoms with Crippen molar-refractivity contribution in [2.45, 2.75) is 0 Å². The van der Waals surface area contributed by atoms with Crippen molar-refractivity contribution in [2.75, 3.05) is 0 Å². The molecule has 0 fully saturated rings. The second-order valence-corrected chi connectivity index (χ2v) is 1.54. The molecule has 0 bridgehead atoms. The molecular weight excluding hydrogens is 144 g/mol. The number of nitrogens with zero attached hydrogens (tertiary/aromatic N) is 1. The van der Waals surface area contributed by atoms with Crippen LogP contribution in [0.5, 0.6) is 0 Å². The Morgan fingerprint density at radius 2 is 1.73 bits per heavy atom. The van der Waals surface area contributed by atoms with Crippen LogP contribution in [-0.2, 0) is 9.59 Å². The second-order valence-electron chi connectivity index (χ2n) is 1.54. The van der Waals surface area contributed by atoms with E-state index in [1.165, 1.54) is 0 Å². The van der Waals surface area contributed by atoms with E-state index < -0.39 is 5.91 Å². The van der Waals surface area contributed by atoms with Gasteiger partial charge in [-0.2, -0.15) is 0 Å². The highest BCUT2D eigenvalue weighted by Gasteiger charge is 1.76. The van der Waals surface area contributed by atoms with E-state index >= 15 is 0 Å². The van der Waals surface area contributed by atoms with E-state index in [1.807, 2.05) is 18.2 Å². The Labute approximate surface area is 64.0 Å². The van der Waals surface area contributed by atoms with Gasteiger partial charge in [-0.05, 0) is 12.1 Å². The van der Waals surface area contributed by atoms with Crippen molar-refractivity contribution in [3.63, 3.8) is 0 Å². The summed E-state index contributed by atoms with van der Waals surface area (Å²) in [6, 6.07) is 5.72. The van der Waals surface area contributed by atoms with Crippen LogP contribution in [-0.4, -0.2) is 17.2 Å². The number of rotatable bonds is 1. The molecule has 1 heterocycles. The van der Waals surface area contributed by atoms with Crippen LogP contribution in [0.1, 0.15) is 0 Å². The first-order valence-corrected chi connectivity index (χ1v) is 2.87. The Hall–Kier alpha value is -1.71. The molecule has 0 atom stereocenters. The highest BCUT2D eigenvalue weighted by molar-refractivity contribution is 6.22. The number of pyridine rings is 1. The molecule has 0 aromatic carbocycles. The minimum atomic E-state index is -0.926. The third-order valence-corrected chi connectivity index (χ3v) is 0.683. The molecule has 0 aliphatic heterocycles. The van der Waals surface area contributed by atoms with Crippen LogP contribution >= 0.6 is 0 Å². The molecule has 0 unspecified atom stereocenters. The van der Waals surface area contributed by atoms with E-state index in [9.17, 15) is 4.79 Å². The predicted octanol–water partition coefficient (Wildman–Crippen LogP) is -0.248. The van der Waals surface area contributed by atoms with Crippen LogP contribution < -0.4 is 5.73 Å². The number of carbonyl (C=O) groups excluding carboxylic acids is 2. The molecule has 4 nitrogen and oxygen atoms in total. The number of nitrogens with two attached hydrogens (primary N) is 1. The molecule has 0 saturated heterocycles. The lowest BCUT2D eigenvalue weighted by Gasteiger charge is -1.70. The van der Waals surface area contributed by atoms with Crippen molar-refractivity contribution >= 4 is 12.2 Å². The Kier molecular flexibility index (Phi) is 5.41. The van der Waals surface area contributed by atoms with Crippen LogP contribution in [0, 0.1) is 0 Å². The van der Waals surface area contributed by atoms with E-state index in [2.05, 4.69) is 10.7 Å². The molecule has 0 spiro atoms. The summed E-state index contributed by atoms with van der Waals surface area (Å²) in [4.78, 5) is 22.0. The van der Waals surface area contributed by atoms with Crippen molar-refractivity contribution in [1.29, 1.82) is 0 Å². The van der Waals surface area contributed by atoms with Gasteiger partial charge in [0.1, 0.15) is 0 Å². The monoisotopic (exact) mass is 152 g/mol. The average molecular weight is 152 g/mol. The summed E-state index contributed by atoms with van der Waals surface area (Å²) in [6.45, 7) is 0. The third kappa shape index (κ3) is 8.29. The van der Waals surface area contributed by atoms with E-state index in [0.29, 0.717) is 0 Å². The molecule has 0 radical (unpaired) electrons. The number of carbonyl (C=O) groups is 2. The zero-order valence-electron chi connectivity index (χ0n) is 5.81. The fourth-order valence-electron chi connectivity index (χ4n) is 0.313. The average Bonchev–Trinajstić information content (AvgIpc) is 2.09. The smallest absolute Gasteiger partial charge is 0.281 e. The summed E-state index contributed by atoms with van der Waals surface area (Å²) in [6.07, 6.45) is 3.56. The van der Waals surface area contributed by atoms with Crippen LogP contribution in [0.4, 0.5) is 0 Å². The highest BCUT2D eigenvalue weighted by atomic mass is 16.2. The summed E-state index contributed by atoms with van der Waals surface area (Å²) in [5.74, 6) is -0.926. The quantitative estimate of drug-likeness (QED) is 0.445. The van der Waals surface area contributed by atoms with Gasteiger partial charge in [0.25, 0.3) is 5.91 Å². The van der Waals surface area contributed by atoms with E-state index in [-0.39, 0.29) is 6.29 Å². The van der Waals surface area contributed by atoms with Gasteiger partial charge in [-0.25, -0.2) is 0 Å². The molecule has 1 aromatic heterocycles. The third-order valence-electron chi connectivity index (χ3n) is 0.683. The van der Waals surface area contributed by atoms with Crippen molar-refractivity contribution in [1.82, 2.24) is 4.98 Å². The SMILES string of the molecule is NC(=O)C=O.c1ccncc1. The topological polar surface area (TPSA) is 73.1 Å². The fraction of sp³-hybridized carbons (Fsp3) is 0. The van der Waals surface area contributed by atoms with Crippen molar-refractivity contribution < 1.29 is 9.59 Å². The van der Waals surface area contributed by atoms with Gasteiger partial charge in [0.2, 0.25) is 6.29 Å². The van der Waals surface area contributed by atoms with Gasteiger partial charge in [-0.1, -0.05) is 6.07 Å². The number of amides is 1. The van der Waals surface area contributed by atoms with Gasteiger partial charge in [0.15, 0.2) is 0 Å². The Morgan fingerprint density at radius 3 is 1.82 bits per heavy atom. The molecule has 58 valence electrons. The summed E-state index contributed by atoms with van der Waals surface area (Å²) in [5.41, 5.74) is 4.28. The lowest BCUT2D eigenvalue weighted by Crippen LogP contribution is -2.10. The number of aldehydes is 1. The first kappa shape index (κ1) is 9.29. The molecule has 0 saturated carbocycles. The van der Waals surface area contributed by atoms with Crippen molar-refractivity contribution in [3.8, 4) is 0 Å². The zero-order chi connectivity index (χ0) is 8.53. The van der Waals surface area contributed by atoms with Gasteiger partial charge in [-0.15, -0.1) is 0 Å². The van der Waals surface area contributed by atoms with E-state index in [1.54, 1.807) is 12.4 Å². The molecular formula is C7H8N2O2. The standard InChI is InChI=1S/C5H5N.C2H3NO2/c1-2-4-6-5-3-1;3-2(5)1-4/h1-5H;1H,(H2,3,5). The van der Waals surface area contributed by atoms with Crippen molar-refractivity contribution in [3.05, 3.63) is 30.6 Å². The van der Waals surface area contributed by atoms with Gasteiger partial charge in [0, 0.05) is 12.4 Å². The largest absolute Gasteiger partial charge is 0.363 e. The minimum Gasteiger partial charge on any atom is -0.363 e. The molecule has 0 aliphatic carbocycles. The summed E-state index contributed by atoms with van der Waals surface area (Å²) >= 11 is 0. The first-order chi connectivity index (χ1) is 5.27. The lowest BCUT2D eigenvalue weighted by atomic mass is 10.5. The lowest BCUT2D eigenvalue weighted by molar-refractivity contribution is -0.129. The van der Waals surface area contributed by atoms with Gasteiger partial charge in [0.05, 0.1) is 0 Å². The van der Waals surface area contributed by atoms with Gasteiger partial charge in [-0.3, -0.25) is 14.6 Å². The number of hydrogen-bond acceptors (Lipinski definition) is 3. The van der Waals surface area contributed by atoms with E-state index in [0.717, 1.165) is 0 Å². The number of aromatic nitrogens is 1. The fourth-order valence-corrected chi connectivity index (χ4v) is 0.313. The summed E-state index contributed by atoms with van der Waals surface area (Å²) in [5, 5.41) is 0. The van der Waals surface area contributed by atoms with E-state index in [4.69, 9.17) is 4.79 Å². The zero-order valence-corrected chi connectivity index (χ0v) is 5.81. The normalized spacial score (nSPS) is 7.27. The second kappa shape index (κ2) is 6.41. The van der Waals surface area contributed by atoms with Crippen LogP contribution in [0.25, 0.3) is 0 Å². The molecule has 1 rings (SSSR count). The molecule has 1 amide bonds. The Balaban J connectivity index is 0.000000187. The van der Waals surface area contributed by atoms with Crippen molar-refractivity contribution in [2.24, 2.45) is 5.73 Å². The van der Waals surface area contributed by atoms with Gasteiger partial charge < -0.3 is 5.73 Å². The molecule has 2 N–H and O–H groups in total. The maximum Gasteiger partial charge on any atom is 0.281 e.